The molecule has 210 valence electrons. The van der Waals surface area contributed by atoms with E-state index in [-0.39, 0.29) is 28.9 Å². The molecule has 0 aromatic heterocycles. The number of nitrogens with one attached hydrogen (secondary N) is 1. The molecule has 4 fully saturated rings. The average molecular weight is 544 g/mol. The monoisotopic (exact) mass is 543 g/mol. The Morgan fingerprint density at radius 2 is 1.74 bits per heavy atom. The van der Waals surface area contributed by atoms with Gasteiger partial charge in [0.05, 0.1) is 5.54 Å². The van der Waals surface area contributed by atoms with E-state index in [1.807, 2.05) is 24.1 Å². The Kier molecular flexibility index (Phi) is 8.31. The molecule has 7 heteroatoms. The summed E-state index contributed by atoms with van der Waals surface area (Å²) in [6.07, 6.45) is 11.1. The number of carbonyl (C=O) groups excluding carboxylic acids is 2. The second-order valence-electron chi connectivity index (χ2n) is 13.0. The van der Waals surface area contributed by atoms with Crippen molar-refractivity contribution >= 4 is 23.6 Å². The molecular weight excluding hydrogens is 498 g/mol. The van der Waals surface area contributed by atoms with Crippen LogP contribution < -0.4 is 5.32 Å². The molecule has 2 aliphatic heterocycles. The zero-order valence-electron chi connectivity index (χ0n) is 23.5. The molecule has 2 aliphatic carbocycles. The molecule has 38 heavy (non-hydrogen) atoms. The van der Waals surface area contributed by atoms with Gasteiger partial charge in [-0.05, 0) is 101 Å². The third-order valence-corrected chi connectivity index (χ3v) is 10.6. The van der Waals surface area contributed by atoms with Crippen LogP contribution in [0, 0.1) is 17.3 Å². The van der Waals surface area contributed by atoms with Crippen LogP contribution in [0.3, 0.4) is 0 Å². The maximum absolute atomic E-state index is 14.1. The zero-order valence-corrected chi connectivity index (χ0v) is 24.3. The molecule has 0 bridgehead atoms. The first-order valence-corrected chi connectivity index (χ1v) is 15.3. The first-order valence-electron chi connectivity index (χ1n) is 14.9. The highest BCUT2D eigenvalue weighted by atomic mass is 35.5. The second kappa shape index (κ2) is 11.4. The average Bonchev–Trinajstić information content (AvgIpc) is 3.20. The molecule has 2 amide bonds. The van der Waals surface area contributed by atoms with Gasteiger partial charge in [-0.3, -0.25) is 9.69 Å². The van der Waals surface area contributed by atoms with Crippen molar-refractivity contribution in [2.24, 2.45) is 17.3 Å². The van der Waals surface area contributed by atoms with Crippen LogP contribution in [0.5, 0.6) is 0 Å². The summed E-state index contributed by atoms with van der Waals surface area (Å²) in [7, 11) is 2.01. The number of nitrogens with zero attached hydrogens (tertiary/aromatic N) is 2. The highest BCUT2D eigenvalue weighted by molar-refractivity contribution is 6.30. The van der Waals surface area contributed by atoms with Crippen molar-refractivity contribution in [3.05, 3.63) is 34.9 Å². The third-order valence-electron chi connectivity index (χ3n) is 10.4. The fourth-order valence-electron chi connectivity index (χ4n) is 7.87. The van der Waals surface area contributed by atoms with Crippen LogP contribution >= 0.6 is 11.6 Å². The van der Waals surface area contributed by atoms with E-state index in [9.17, 15) is 9.59 Å². The van der Waals surface area contributed by atoms with Crippen LogP contribution in [0.4, 0.5) is 4.79 Å². The van der Waals surface area contributed by atoms with Gasteiger partial charge in [-0.25, -0.2) is 4.79 Å². The van der Waals surface area contributed by atoms with Gasteiger partial charge >= 0.3 is 6.09 Å². The highest BCUT2D eigenvalue weighted by Gasteiger charge is 2.50. The van der Waals surface area contributed by atoms with E-state index >= 15 is 0 Å². The first-order chi connectivity index (χ1) is 18.2. The van der Waals surface area contributed by atoms with Gasteiger partial charge in [0, 0.05) is 36.6 Å². The molecule has 1 aromatic rings. The van der Waals surface area contributed by atoms with Gasteiger partial charge in [-0.2, -0.15) is 0 Å². The first kappa shape index (κ1) is 27.8. The topological polar surface area (TPSA) is 61.9 Å². The molecule has 1 N–H and O–H groups in total. The summed E-state index contributed by atoms with van der Waals surface area (Å²) in [6, 6.07) is 8.49. The molecule has 4 aliphatic rings. The summed E-state index contributed by atoms with van der Waals surface area (Å²) in [5.41, 5.74) is 1.01. The van der Waals surface area contributed by atoms with Crippen molar-refractivity contribution in [2.75, 3.05) is 33.3 Å². The maximum atomic E-state index is 14.1. The number of ether oxygens (including phenoxy) is 1. The van der Waals surface area contributed by atoms with Crippen LogP contribution in [0.25, 0.3) is 0 Å². The minimum absolute atomic E-state index is 0.0166. The Morgan fingerprint density at radius 1 is 1.05 bits per heavy atom. The molecule has 0 spiro atoms. The second-order valence-corrected chi connectivity index (χ2v) is 13.5. The molecular formula is C31H46ClN3O3. The van der Waals surface area contributed by atoms with Crippen molar-refractivity contribution in [1.29, 1.82) is 0 Å². The minimum atomic E-state index is -0.276. The van der Waals surface area contributed by atoms with Crippen LogP contribution in [0.15, 0.2) is 24.3 Å². The summed E-state index contributed by atoms with van der Waals surface area (Å²) < 4.78 is 5.48. The van der Waals surface area contributed by atoms with E-state index in [1.54, 1.807) is 0 Å². The lowest BCUT2D eigenvalue weighted by molar-refractivity contribution is -0.141. The van der Waals surface area contributed by atoms with Crippen molar-refractivity contribution in [3.63, 3.8) is 0 Å². The van der Waals surface area contributed by atoms with Crippen molar-refractivity contribution in [2.45, 2.75) is 95.6 Å². The van der Waals surface area contributed by atoms with Crippen LogP contribution in [-0.4, -0.2) is 66.7 Å². The summed E-state index contributed by atoms with van der Waals surface area (Å²) in [5, 5.41) is 4.18. The number of hydrogen-bond acceptors (Lipinski definition) is 4. The van der Waals surface area contributed by atoms with Gasteiger partial charge in [-0.15, -0.1) is 0 Å². The van der Waals surface area contributed by atoms with Crippen LogP contribution in [0.2, 0.25) is 5.02 Å². The molecule has 1 aromatic carbocycles. The van der Waals surface area contributed by atoms with E-state index < -0.39 is 0 Å². The summed E-state index contributed by atoms with van der Waals surface area (Å²) in [6.45, 7) is 7.01. The number of cyclic esters (lactones) is 1. The van der Waals surface area contributed by atoms with Gasteiger partial charge in [-0.1, -0.05) is 43.0 Å². The highest BCUT2D eigenvalue weighted by Crippen LogP contribution is 2.48. The lowest BCUT2D eigenvalue weighted by Crippen LogP contribution is -2.56. The van der Waals surface area contributed by atoms with Crippen molar-refractivity contribution in [3.8, 4) is 0 Å². The third kappa shape index (κ3) is 5.58. The summed E-state index contributed by atoms with van der Waals surface area (Å²) >= 11 is 6.18. The predicted octanol–water partition coefficient (Wildman–Crippen LogP) is 6.23. The number of rotatable bonds is 6. The molecule has 3 atom stereocenters. The number of hydrogen-bond donors (Lipinski definition) is 1. The SMILES string of the molecule is CN[C@@H]1CCC(c2ccc(Cl)cc2)C(C(=O)N2CCC(CN3C(=O)OCC3(C)C)(C3CCCCC3)CC2)C1. The smallest absolute Gasteiger partial charge is 0.410 e. The summed E-state index contributed by atoms with van der Waals surface area (Å²) in [4.78, 5) is 31.0. The van der Waals surface area contributed by atoms with Crippen molar-refractivity contribution in [1.82, 2.24) is 15.1 Å². The normalized spacial score (nSPS) is 29.8. The minimum Gasteiger partial charge on any atom is -0.447 e. The number of amides is 2. The fourth-order valence-corrected chi connectivity index (χ4v) is 7.99. The molecule has 2 saturated heterocycles. The lowest BCUT2D eigenvalue weighted by atomic mass is 9.63. The Balaban J connectivity index is 1.33. The van der Waals surface area contributed by atoms with Gasteiger partial charge in [0.15, 0.2) is 0 Å². The van der Waals surface area contributed by atoms with Gasteiger partial charge < -0.3 is 15.0 Å². The number of benzene rings is 1. The molecule has 5 rings (SSSR count). The Labute approximate surface area is 233 Å². The molecule has 2 saturated carbocycles. The van der Waals surface area contributed by atoms with E-state index in [1.165, 1.54) is 37.7 Å². The Hall–Kier alpha value is -1.79. The van der Waals surface area contributed by atoms with E-state index in [0.29, 0.717) is 24.5 Å². The Morgan fingerprint density at radius 3 is 2.34 bits per heavy atom. The predicted molar refractivity (Wildman–Crippen MR) is 151 cm³/mol. The quantitative estimate of drug-likeness (QED) is 0.462. The lowest BCUT2D eigenvalue weighted by Gasteiger charge is -2.51. The zero-order chi connectivity index (χ0) is 26.9. The van der Waals surface area contributed by atoms with Crippen molar-refractivity contribution < 1.29 is 14.3 Å². The van der Waals surface area contributed by atoms with E-state index in [2.05, 4.69) is 36.2 Å². The van der Waals surface area contributed by atoms with E-state index in [4.69, 9.17) is 16.3 Å². The molecule has 2 unspecified atom stereocenters. The number of likely N-dealkylation sites (tertiary alicyclic amines) is 1. The molecule has 2 heterocycles. The number of piperidine rings is 1. The largest absolute Gasteiger partial charge is 0.447 e. The number of halogens is 1. The van der Waals surface area contributed by atoms with Gasteiger partial charge in [0.25, 0.3) is 0 Å². The fraction of sp³-hybridized carbons (Fsp3) is 0.742. The van der Waals surface area contributed by atoms with E-state index in [0.717, 1.165) is 56.8 Å². The summed E-state index contributed by atoms with van der Waals surface area (Å²) in [5.74, 6) is 1.14. The van der Waals surface area contributed by atoms with Gasteiger partial charge in [0.1, 0.15) is 6.61 Å². The van der Waals surface area contributed by atoms with Crippen LogP contribution in [-0.2, 0) is 9.53 Å². The van der Waals surface area contributed by atoms with Gasteiger partial charge in [0.2, 0.25) is 5.91 Å². The molecule has 0 radical (unpaired) electrons. The Bertz CT molecular complexity index is 983. The maximum Gasteiger partial charge on any atom is 0.410 e. The van der Waals surface area contributed by atoms with Crippen LogP contribution in [0.1, 0.15) is 89.5 Å². The molecule has 6 nitrogen and oxygen atoms in total. The number of carbonyl (C=O) groups is 2. The standard InChI is InChI=1S/C31H46ClN3O3/c1-30(2)21-38-29(37)35(30)20-31(23-7-5-4-6-8-23)15-17-34(18-16-31)28(36)27-19-25(33-3)13-14-26(27)22-9-11-24(32)12-10-22/h9-12,23,25-27,33H,4-8,13-21H2,1-3H3/t25-,26?,27?/m1/s1.